The van der Waals surface area contributed by atoms with Gasteiger partial charge in [-0.2, -0.15) is 0 Å². The van der Waals surface area contributed by atoms with E-state index in [4.69, 9.17) is 5.11 Å². The van der Waals surface area contributed by atoms with E-state index in [0.717, 1.165) is 6.42 Å². The van der Waals surface area contributed by atoms with E-state index in [1.165, 1.54) is 0 Å². The zero-order valence-corrected chi connectivity index (χ0v) is 7.31. The van der Waals surface area contributed by atoms with Crippen LogP contribution in [0, 0.1) is 5.92 Å². The molecule has 0 rings (SSSR count). The summed E-state index contributed by atoms with van der Waals surface area (Å²) >= 11 is 0. The Morgan fingerprint density at radius 2 is 1.56 bits per heavy atom. The summed E-state index contributed by atoms with van der Waals surface area (Å²) in [5.74, 6) is 0.458. The molecular weight excluding hydrogens is 112 g/mol. The number of aliphatic hydroxyl groups excluding tert-OH is 1. The first kappa shape index (κ1) is 11.7. The molecule has 2 unspecified atom stereocenters. The molecule has 0 radical (unpaired) electrons. The van der Waals surface area contributed by atoms with Crippen LogP contribution in [0.2, 0.25) is 0 Å². The van der Waals surface area contributed by atoms with Gasteiger partial charge in [0, 0.05) is 0 Å². The lowest BCUT2D eigenvalue weighted by molar-refractivity contribution is 0.133. The molecular formula is C8H20O. The fourth-order valence-corrected chi connectivity index (χ4v) is 0.341. The average Bonchev–Trinajstić information content (AvgIpc) is 1.91. The maximum absolute atomic E-state index is 8.82. The van der Waals surface area contributed by atoms with Crippen LogP contribution in [0.15, 0.2) is 0 Å². The lowest BCUT2D eigenvalue weighted by Crippen LogP contribution is -2.10. The molecule has 0 bridgehead atoms. The number of hydrogen-bond acceptors (Lipinski definition) is 1. The van der Waals surface area contributed by atoms with Crippen molar-refractivity contribution in [2.24, 2.45) is 5.92 Å². The van der Waals surface area contributed by atoms with Crippen molar-refractivity contribution in [1.82, 2.24) is 0 Å². The summed E-state index contributed by atoms with van der Waals surface area (Å²) < 4.78 is 0. The molecule has 0 heterocycles. The van der Waals surface area contributed by atoms with E-state index in [1.807, 2.05) is 27.7 Å². The van der Waals surface area contributed by atoms with Gasteiger partial charge in [0.1, 0.15) is 0 Å². The molecule has 2 atom stereocenters. The van der Waals surface area contributed by atoms with Gasteiger partial charge in [-0.15, -0.1) is 0 Å². The fraction of sp³-hybridized carbons (Fsp3) is 1.00. The summed E-state index contributed by atoms with van der Waals surface area (Å²) in [6.45, 7) is 9.95. The Morgan fingerprint density at radius 3 is 1.56 bits per heavy atom. The Kier molecular flexibility index (Phi) is 10.4. The van der Waals surface area contributed by atoms with Crippen LogP contribution in [0.3, 0.4) is 0 Å². The quantitative estimate of drug-likeness (QED) is 0.612. The lowest BCUT2D eigenvalue weighted by Gasteiger charge is -2.09. The van der Waals surface area contributed by atoms with Crippen molar-refractivity contribution < 1.29 is 5.11 Å². The third-order valence-corrected chi connectivity index (χ3v) is 1.47. The maximum atomic E-state index is 8.82. The van der Waals surface area contributed by atoms with Gasteiger partial charge in [0.2, 0.25) is 0 Å². The zero-order chi connectivity index (χ0) is 7.86. The molecule has 0 amide bonds. The van der Waals surface area contributed by atoms with E-state index in [1.54, 1.807) is 0 Å². The van der Waals surface area contributed by atoms with Crippen LogP contribution in [0.5, 0.6) is 0 Å². The Bertz CT molecular complexity index is 41.8. The van der Waals surface area contributed by atoms with Crippen LogP contribution in [0.25, 0.3) is 0 Å². The van der Waals surface area contributed by atoms with Gasteiger partial charge in [-0.3, -0.25) is 0 Å². The van der Waals surface area contributed by atoms with E-state index in [-0.39, 0.29) is 6.10 Å². The molecule has 0 aliphatic carbocycles. The van der Waals surface area contributed by atoms with E-state index in [2.05, 4.69) is 6.92 Å². The summed E-state index contributed by atoms with van der Waals surface area (Å²) in [6.07, 6.45) is 0.933. The van der Waals surface area contributed by atoms with Crippen molar-refractivity contribution >= 4 is 0 Å². The lowest BCUT2D eigenvalue weighted by atomic mass is 10.0. The Morgan fingerprint density at radius 1 is 1.22 bits per heavy atom. The van der Waals surface area contributed by atoms with E-state index in [0.29, 0.717) is 5.92 Å². The highest BCUT2D eigenvalue weighted by Gasteiger charge is 2.03. The zero-order valence-electron chi connectivity index (χ0n) is 7.31. The van der Waals surface area contributed by atoms with Gasteiger partial charge >= 0.3 is 0 Å². The highest BCUT2D eigenvalue weighted by molar-refractivity contribution is 4.54. The predicted octanol–water partition coefficient (Wildman–Crippen LogP) is 2.44. The van der Waals surface area contributed by atoms with Crippen molar-refractivity contribution in [3.05, 3.63) is 0 Å². The van der Waals surface area contributed by atoms with Crippen LogP contribution >= 0.6 is 0 Å². The van der Waals surface area contributed by atoms with Gasteiger partial charge in [0.25, 0.3) is 0 Å². The minimum absolute atomic E-state index is 0.134. The SMILES string of the molecule is CC.CCC(C)C(C)O. The Hall–Kier alpha value is -0.0400. The van der Waals surface area contributed by atoms with Crippen molar-refractivity contribution in [2.75, 3.05) is 0 Å². The summed E-state index contributed by atoms with van der Waals surface area (Å²) in [7, 11) is 0. The van der Waals surface area contributed by atoms with Crippen LogP contribution in [-0.2, 0) is 0 Å². The number of aliphatic hydroxyl groups is 1. The second-order valence-corrected chi connectivity index (χ2v) is 2.13. The molecule has 1 nitrogen and oxygen atoms in total. The Balaban J connectivity index is 0. The average molecular weight is 132 g/mol. The molecule has 0 aromatic carbocycles. The predicted molar refractivity (Wildman–Crippen MR) is 42.5 cm³/mol. The van der Waals surface area contributed by atoms with Crippen molar-refractivity contribution in [2.45, 2.75) is 47.1 Å². The summed E-state index contributed by atoms with van der Waals surface area (Å²) in [6, 6.07) is 0. The maximum Gasteiger partial charge on any atom is 0.0537 e. The van der Waals surface area contributed by atoms with E-state index in [9.17, 15) is 0 Å². The summed E-state index contributed by atoms with van der Waals surface area (Å²) in [5, 5.41) is 8.82. The fourth-order valence-electron chi connectivity index (χ4n) is 0.341. The van der Waals surface area contributed by atoms with Gasteiger partial charge in [-0.1, -0.05) is 34.1 Å². The molecule has 0 fully saturated rings. The molecule has 1 heteroatoms. The smallest absolute Gasteiger partial charge is 0.0537 e. The van der Waals surface area contributed by atoms with E-state index < -0.39 is 0 Å². The van der Waals surface area contributed by atoms with Crippen LogP contribution in [0.1, 0.15) is 41.0 Å². The standard InChI is InChI=1S/C6H14O.C2H6/c1-4-5(2)6(3)7;1-2/h5-7H,4H2,1-3H3;1-2H3. The first-order chi connectivity index (χ1) is 4.18. The molecule has 1 N–H and O–H groups in total. The first-order valence-corrected chi connectivity index (χ1v) is 3.86. The summed E-state index contributed by atoms with van der Waals surface area (Å²) in [5.41, 5.74) is 0. The normalized spacial score (nSPS) is 15.3. The second-order valence-electron chi connectivity index (χ2n) is 2.13. The van der Waals surface area contributed by atoms with Crippen molar-refractivity contribution in [3.63, 3.8) is 0 Å². The molecule has 0 spiro atoms. The third-order valence-electron chi connectivity index (χ3n) is 1.47. The van der Waals surface area contributed by atoms with E-state index >= 15 is 0 Å². The highest BCUT2D eigenvalue weighted by atomic mass is 16.3. The summed E-state index contributed by atoms with van der Waals surface area (Å²) in [4.78, 5) is 0. The second kappa shape index (κ2) is 7.96. The minimum Gasteiger partial charge on any atom is -0.393 e. The topological polar surface area (TPSA) is 20.2 Å². The molecule has 0 aliphatic heterocycles. The molecule has 58 valence electrons. The molecule has 9 heavy (non-hydrogen) atoms. The highest BCUT2D eigenvalue weighted by Crippen LogP contribution is 2.04. The third kappa shape index (κ3) is 7.96. The molecule has 0 saturated heterocycles. The van der Waals surface area contributed by atoms with Gasteiger partial charge < -0.3 is 5.11 Å². The Labute approximate surface area is 59.1 Å². The first-order valence-electron chi connectivity index (χ1n) is 3.86. The monoisotopic (exact) mass is 132 g/mol. The van der Waals surface area contributed by atoms with Crippen molar-refractivity contribution in [3.8, 4) is 0 Å². The molecule has 0 aromatic heterocycles. The number of rotatable bonds is 2. The minimum atomic E-state index is -0.134. The molecule has 0 saturated carbocycles. The molecule has 0 aliphatic rings. The molecule has 0 aromatic rings. The van der Waals surface area contributed by atoms with Crippen LogP contribution in [-0.4, -0.2) is 11.2 Å². The number of hydrogen-bond donors (Lipinski definition) is 1. The van der Waals surface area contributed by atoms with Crippen LogP contribution < -0.4 is 0 Å². The van der Waals surface area contributed by atoms with Gasteiger partial charge in [0.05, 0.1) is 6.10 Å². The largest absolute Gasteiger partial charge is 0.393 e. The van der Waals surface area contributed by atoms with Gasteiger partial charge in [-0.05, 0) is 12.8 Å². The van der Waals surface area contributed by atoms with Gasteiger partial charge in [-0.25, -0.2) is 0 Å². The van der Waals surface area contributed by atoms with Crippen molar-refractivity contribution in [1.29, 1.82) is 0 Å². The van der Waals surface area contributed by atoms with Gasteiger partial charge in [0.15, 0.2) is 0 Å². The van der Waals surface area contributed by atoms with Crippen LogP contribution in [0.4, 0.5) is 0 Å².